The lowest BCUT2D eigenvalue weighted by Gasteiger charge is -2.28. The predicted octanol–water partition coefficient (Wildman–Crippen LogP) is 3.26. The number of nitrogens with zero attached hydrogens (tertiary/aromatic N) is 1. The van der Waals surface area contributed by atoms with Gasteiger partial charge in [0, 0.05) is 13.1 Å². The largest absolute Gasteiger partial charge is 0.494 e. The molecule has 40 heavy (non-hydrogen) atoms. The summed E-state index contributed by atoms with van der Waals surface area (Å²) in [5, 5.41) is 2.52. The van der Waals surface area contributed by atoms with E-state index < -0.39 is 33.1 Å². The number of halogens is 2. The van der Waals surface area contributed by atoms with Crippen molar-refractivity contribution < 1.29 is 31.5 Å². The molecule has 10 nitrogen and oxygen atoms in total. The van der Waals surface area contributed by atoms with E-state index in [0.29, 0.717) is 24.4 Å². The summed E-state index contributed by atoms with van der Waals surface area (Å²) in [6.07, 6.45) is 5.39. The molecule has 0 unspecified atom stereocenters. The lowest BCUT2D eigenvalue weighted by atomic mass is 9.81. The van der Waals surface area contributed by atoms with Gasteiger partial charge in [0.2, 0.25) is 10.0 Å². The molecule has 1 heterocycles. The molecule has 3 N–H and O–H groups in total. The Bertz CT molecular complexity index is 1540. The van der Waals surface area contributed by atoms with E-state index in [1.807, 2.05) is 0 Å². The van der Waals surface area contributed by atoms with Gasteiger partial charge in [0.15, 0.2) is 29.0 Å². The van der Waals surface area contributed by atoms with Crippen LogP contribution in [0.5, 0.6) is 11.5 Å². The van der Waals surface area contributed by atoms with Gasteiger partial charge in [-0.3, -0.25) is 9.59 Å². The smallest absolute Gasteiger partial charge is 0.287 e. The number of fused-ring (bicyclic) bond motifs is 1. The van der Waals surface area contributed by atoms with Crippen LogP contribution < -0.4 is 25.1 Å². The van der Waals surface area contributed by atoms with Gasteiger partial charge >= 0.3 is 0 Å². The minimum Gasteiger partial charge on any atom is -0.494 e. The van der Waals surface area contributed by atoms with E-state index in [0.717, 1.165) is 38.0 Å². The molecular weight excluding hydrogens is 546 g/mol. The second kappa shape index (κ2) is 12.7. The number of carbonyl (C=O) groups excluding carboxylic acids is 1. The fraction of sp³-hybridized carbons (Fsp3) is 0.444. The highest BCUT2D eigenvalue weighted by molar-refractivity contribution is 7.88. The maximum atomic E-state index is 14.7. The molecule has 216 valence electrons. The summed E-state index contributed by atoms with van der Waals surface area (Å²) in [6.45, 7) is 0.654. The van der Waals surface area contributed by atoms with Crippen molar-refractivity contribution in [3.8, 4) is 11.5 Å². The molecule has 0 saturated heterocycles. The van der Waals surface area contributed by atoms with Gasteiger partial charge < -0.3 is 19.8 Å². The fourth-order valence-corrected chi connectivity index (χ4v) is 5.37. The van der Waals surface area contributed by atoms with Crippen LogP contribution in [0.2, 0.25) is 0 Å². The summed E-state index contributed by atoms with van der Waals surface area (Å²) in [6, 6.07) is 6.59. The number of rotatable bonds is 11. The van der Waals surface area contributed by atoms with Crippen LogP contribution in [0, 0.1) is 23.5 Å². The normalized spacial score (nSPS) is 17.5. The molecule has 0 radical (unpaired) electrons. The third-order valence-electron chi connectivity index (χ3n) is 7.04. The number of amides is 1. The zero-order valence-corrected chi connectivity index (χ0v) is 23.1. The molecule has 2 aromatic carbocycles. The van der Waals surface area contributed by atoms with Crippen LogP contribution in [-0.4, -0.2) is 50.8 Å². The van der Waals surface area contributed by atoms with Crippen LogP contribution in [0.25, 0.3) is 10.9 Å². The third-order valence-corrected chi connectivity index (χ3v) is 7.73. The number of benzene rings is 2. The SMILES string of the molecule is COc1cc(CNC(=O)c2nc3ccc(F)c(OCCC4CCC(CNS(C)(=O)=O)CC4)c3c(=O)[nH]2)ccc1F. The second-order valence-electron chi connectivity index (χ2n) is 9.98. The highest BCUT2D eigenvalue weighted by Gasteiger charge is 2.23. The minimum atomic E-state index is -3.21. The molecule has 1 saturated carbocycles. The molecule has 3 aromatic rings. The van der Waals surface area contributed by atoms with Gasteiger partial charge in [0.1, 0.15) is 5.39 Å². The summed E-state index contributed by atoms with van der Waals surface area (Å²) in [5.41, 5.74) is -0.0360. The van der Waals surface area contributed by atoms with E-state index in [-0.39, 0.29) is 47.3 Å². The first kappa shape index (κ1) is 29.4. The van der Waals surface area contributed by atoms with Crippen LogP contribution in [0.1, 0.15) is 48.3 Å². The minimum absolute atomic E-state index is 0.0329. The molecular formula is C27H32F2N4O6S. The molecule has 0 spiro atoms. The van der Waals surface area contributed by atoms with Crippen LogP contribution in [0.15, 0.2) is 35.1 Å². The Morgan fingerprint density at radius 2 is 1.80 bits per heavy atom. The molecule has 1 amide bonds. The Morgan fingerprint density at radius 3 is 2.50 bits per heavy atom. The van der Waals surface area contributed by atoms with Crippen molar-refractivity contribution in [2.75, 3.05) is 26.5 Å². The average Bonchev–Trinajstić information content (AvgIpc) is 2.92. The lowest BCUT2D eigenvalue weighted by molar-refractivity contribution is 0.0940. The number of sulfonamides is 1. The average molecular weight is 579 g/mol. The van der Waals surface area contributed by atoms with Gasteiger partial charge in [-0.2, -0.15) is 0 Å². The molecule has 0 atom stereocenters. The zero-order valence-electron chi connectivity index (χ0n) is 22.3. The van der Waals surface area contributed by atoms with Gasteiger partial charge in [-0.05, 0) is 60.9 Å². The summed E-state index contributed by atoms with van der Waals surface area (Å²) < 4.78 is 64.1. The quantitative estimate of drug-likeness (QED) is 0.317. The molecule has 1 aliphatic carbocycles. The van der Waals surface area contributed by atoms with E-state index in [1.165, 1.54) is 31.4 Å². The van der Waals surface area contributed by atoms with Crippen molar-refractivity contribution in [2.24, 2.45) is 11.8 Å². The maximum Gasteiger partial charge on any atom is 0.287 e. The van der Waals surface area contributed by atoms with Gasteiger partial charge in [-0.25, -0.2) is 26.9 Å². The van der Waals surface area contributed by atoms with Crippen molar-refractivity contribution in [1.29, 1.82) is 0 Å². The molecule has 1 aromatic heterocycles. The number of aromatic amines is 1. The molecule has 1 aliphatic rings. The number of hydrogen-bond acceptors (Lipinski definition) is 7. The van der Waals surface area contributed by atoms with Crippen LogP contribution in [0.4, 0.5) is 8.78 Å². The van der Waals surface area contributed by atoms with Crippen LogP contribution in [-0.2, 0) is 16.6 Å². The number of ether oxygens (including phenoxy) is 2. The Morgan fingerprint density at radius 1 is 1.10 bits per heavy atom. The topological polar surface area (TPSA) is 139 Å². The first-order chi connectivity index (χ1) is 19.0. The monoisotopic (exact) mass is 578 g/mol. The number of H-pyrrole nitrogens is 1. The maximum absolute atomic E-state index is 14.7. The molecule has 4 rings (SSSR count). The second-order valence-corrected chi connectivity index (χ2v) is 11.8. The van der Waals surface area contributed by atoms with Crippen molar-refractivity contribution in [3.05, 3.63) is 63.7 Å². The zero-order chi connectivity index (χ0) is 28.9. The van der Waals surface area contributed by atoms with Gasteiger partial charge in [0.25, 0.3) is 11.5 Å². The molecule has 13 heteroatoms. The lowest BCUT2D eigenvalue weighted by Crippen LogP contribution is -2.30. The summed E-state index contributed by atoms with van der Waals surface area (Å²) in [5.74, 6) is -1.72. The summed E-state index contributed by atoms with van der Waals surface area (Å²) in [4.78, 5) is 32.1. The number of hydrogen-bond donors (Lipinski definition) is 3. The number of methoxy groups -OCH3 is 1. The Hall–Kier alpha value is -3.58. The predicted molar refractivity (Wildman–Crippen MR) is 145 cm³/mol. The first-order valence-electron chi connectivity index (χ1n) is 12.9. The summed E-state index contributed by atoms with van der Waals surface area (Å²) >= 11 is 0. The van der Waals surface area contributed by atoms with Gasteiger partial charge in [-0.15, -0.1) is 0 Å². The van der Waals surface area contributed by atoms with Crippen molar-refractivity contribution in [3.63, 3.8) is 0 Å². The Balaban J connectivity index is 1.37. The third kappa shape index (κ3) is 7.54. The van der Waals surface area contributed by atoms with E-state index in [2.05, 4.69) is 20.0 Å². The molecule has 1 fully saturated rings. The first-order valence-corrected chi connectivity index (χ1v) is 14.8. The highest BCUT2D eigenvalue weighted by atomic mass is 32.2. The fourth-order valence-electron chi connectivity index (χ4n) is 4.83. The van der Waals surface area contributed by atoms with Crippen LogP contribution in [0.3, 0.4) is 0 Å². The standard InChI is InChI=1S/C27H32F2N4O6S/c1-38-22-13-18(7-8-19(22)28)14-30-27(35)25-32-21-10-9-20(29)24(23(21)26(34)33-25)39-12-11-16-3-5-17(6-4-16)15-31-40(2,36)37/h7-10,13,16-17,31H,3-6,11-12,14-15H2,1-2H3,(H,30,35)(H,32,33,34). The van der Waals surface area contributed by atoms with Crippen LogP contribution >= 0.6 is 0 Å². The van der Waals surface area contributed by atoms with E-state index in [1.54, 1.807) is 0 Å². The number of nitrogens with one attached hydrogen (secondary N) is 3. The molecule has 0 aliphatic heterocycles. The van der Waals surface area contributed by atoms with Crippen molar-refractivity contribution in [2.45, 2.75) is 38.6 Å². The van der Waals surface area contributed by atoms with Gasteiger partial charge in [-0.1, -0.05) is 18.9 Å². The van der Waals surface area contributed by atoms with E-state index >= 15 is 0 Å². The molecule has 0 bridgehead atoms. The Kier molecular flexibility index (Phi) is 9.36. The number of carbonyl (C=O) groups is 1. The highest BCUT2D eigenvalue weighted by Crippen LogP contribution is 2.31. The van der Waals surface area contributed by atoms with Gasteiger partial charge in [0.05, 0.1) is 25.5 Å². The van der Waals surface area contributed by atoms with Crippen molar-refractivity contribution in [1.82, 2.24) is 20.0 Å². The Labute approximate surface area is 230 Å². The number of aromatic nitrogens is 2. The van der Waals surface area contributed by atoms with E-state index in [4.69, 9.17) is 9.47 Å². The van der Waals surface area contributed by atoms with Crippen molar-refractivity contribution >= 4 is 26.8 Å². The summed E-state index contributed by atoms with van der Waals surface area (Å²) in [7, 11) is -1.88. The van der Waals surface area contributed by atoms with E-state index in [9.17, 15) is 26.8 Å².